The van der Waals surface area contributed by atoms with E-state index in [0.29, 0.717) is 25.2 Å². The molecule has 1 aromatic rings. The minimum Gasteiger partial charge on any atom is -0.465 e. The van der Waals surface area contributed by atoms with E-state index in [9.17, 15) is 9.59 Å². The summed E-state index contributed by atoms with van der Waals surface area (Å²) in [6.45, 7) is 8.37. The number of hydrogen-bond donors (Lipinski definition) is 0. The van der Waals surface area contributed by atoms with Gasteiger partial charge in [0, 0.05) is 0 Å². The van der Waals surface area contributed by atoms with E-state index in [0.717, 1.165) is 24.8 Å². The van der Waals surface area contributed by atoms with Crippen molar-refractivity contribution < 1.29 is 19.1 Å². The molecule has 0 spiro atoms. The van der Waals surface area contributed by atoms with Crippen LogP contribution in [-0.2, 0) is 20.7 Å². The third-order valence-electron chi connectivity index (χ3n) is 6.74. The number of ether oxygens (including phenoxy) is 2. The van der Waals surface area contributed by atoms with Crippen LogP contribution in [0.1, 0.15) is 123 Å². The normalized spacial score (nSPS) is 11.4. The number of aryl methyl sites for hydroxylation is 1. The van der Waals surface area contributed by atoms with Gasteiger partial charge in [0.05, 0.1) is 6.61 Å². The molecular weight excluding hydrogens is 412 g/mol. The number of carbonyl (C=O) groups excluding carboxylic acids is 2. The predicted molar refractivity (Wildman–Crippen MR) is 137 cm³/mol. The lowest BCUT2D eigenvalue weighted by Gasteiger charge is -2.26. The van der Waals surface area contributed by atoms with Crippen LogP contribution in [0.4, 0.5) is 0 Å². The van der Waals surface area contributed by atoms with Crippen molar-refractivity contribution in [2.75, 3.05) is 6.61 Å². The molecule has 0 amide bonds. The highest BCUT2D eigenvalue weighted by atomic mass is 16.6. The van der Waals surface area contributed by atoms with Crippen molar-refractivity contribution in [1.29, 1.82) is 0 Å². The van der Waals surface area contributed by atoms with Crippen molar-refractivity contribution in [2.45, 2.75) is 124 Å². The Hall–Kier alpha value is -1.84. The lowest BCUT2D eigenvalue weighted by atomic mass is 9.82. The van der Waals surface area contributed by atoms with Gasteiger partial charge in [-0.05, 0) is 43.4 Å². The molecule has 0 saturated heterocycles. The Morgan fingerprint density at radius 3 is 1.79 bits per heavy atom. The second-order valence-electron chi connectivity index (χ2n) is 9.20. The summed E-state index contributed by atoms with van der Waals surface area (Å²) in [5, 5.41) is 0. The average Bonchev–Trinajstić information content (AvgIpc) is 2.83. The molecule has 0 radical (unpaired) electrons. The van der Waals surface area contributed by atoms with Crippen LogP contribution < -0.4 is 4.74 Å². The lowest BCUT2D eigenvalue weighted by molar-refractivity contribution is -0.168. The van der Waals surface area contributed by atoms with Crippen molar-refractivity contribution in [1.82, 2.24) is 0 Å². The molecule has 0 bridgehead atoms. The predicted octanol–water partition coefficient (Wildman–Crippen LogP) is 8.21. The van der Waals surface area contributed by atoms with Crippen molar-refractivity contribution in [3.05, 3.63) is 29.8 Å². The first-order valence-electron chi connectivity index (χ1n) is 13.5. The van der Waals surface area contributed by atoms with E-state index in [-0.39, 0.29) is 0 Å². The molecule has 0 heterocycles. The second-order valence-corrected chi connectivity index (χ2v) is 9.20. The highest BCUT2D eigenvalue weighted by molar-refractivity contribution is 6.00. The van der Waals surface area contributed by atoms with Gasteiger partial charge < -0.3 is 9.47 Å². The third kappa shape index (κ3) is 10.8. The molecular formula is C29H48O4. The van der Waals surface area contributed by atoms with Gasteiger partial charge in [-0.1, -0.05) is 110 Å². The molecule has 0 aliphatic heterocycles. The average molecular weight is 461 g/mol. The Bertz CT molecular complexity index is 663. The summed E-state index contributed by atoms with van der Waals surface area (Å²) in [6.07, 6.45) is 16.7. The van der Waals surface area contributed by atoms with Crippen LogP contribution in [0.25, 0.3) is 0 Å². The fourth-order valence-electron chi connectivity index (χ4n) is 4.19. The molecule has 4 heteroatoms. The van der Waals surface area contributed by atoms with E-state index in [1.807, 2.05) is 32.0 Å². The summed E-state index contributed by atoms with van der Waals surface area (Å²) in [7, 11) is 0. The van der Waals surface area contributed by atoms with Crippen LogP contribution in [-0.4, -0.2) is 18.5 Å². The van der Waals surface area contributed by atoms with E-state index in [1.165, 1.54) is 64.2 Å². The number of rotatable bonds is 19. The van der Waals surface area contributed by atoms with E-state index >= 15 is 0 Å². The zero-order valence-electron chi connectivity index (χ0n) is 21.8. The number of hydrogen-bond acceptors (Lipinski definition) is 4. The molecule has 1 aromatic carbocycles. The molecule has 0 aliphatic carbocycles. The van der Waals surface area contributed by atoms with Gasteiger partial charge in [0.25, 0.3) is 0 Å². The molecule has 188 valence electrons. The fraction of sp³-hybridized carbons (Fsp3) is 0.724. The third-order valence-corrected chi connectivity index (χ3v) is 6.74. The summed E-state index contributed by atoms with van der Waals surface area (Å²) in [6, 6.07) is 7.47. The van der Waals surface area contributed by atoms with Gasteiger partial charge in [0.15, 0.2) is 5.41 Å². The quantitative estimate of drug-likeness (QED) is 0.0903. The van der Waals surface area contributed by atoms with E-state index in [2.05, 4.69) is 13.8 Å². The van der Waals surface area contributed by atoms with Crippen LogP contribution in [0.3, 0.4) is 0 Å². The maximum atomic E-state index is 12.9. The Labute approximate surface area is 202 Å². The number of esters is 2. The van der Waals surface area contributed by atoms with Gasteiger partial charge in [-0.2, -0.15) is 0 Å². The maximum Gasteiger partial charge on any atom is 0.328 e. The summed E-state index contributed by atoms with van der Waals surface area (Å²) in [5.41, 5.74) is -0.146. The first kappa shape index (κ1) is 29.2. The van der Waals surface area contributed by atoms with Gasteiger partial charge in [-0.25, -0.2) is 0 Å². The van der Waals surface area contributed by atoms with Gasteiger partial charge >= 0.3 is 11.9 Å². The zero-order chi connectivity index (χ0) is 24.4. The second kappa shape index (κ2) is 17.6. The van der Waals surface area contributed by atoms with E-state index in [1.54, 1.807) is 6.07 Å². The van der Waals surface area contributed by atoms with Gasteiger partial charge in [-0.3, -0.25) is 9.59 Å². The molecule has 33 heavy (non-hydrogen) atoms. The van der Waals surface area contributed by atoms with Gasteiger partial charge in [0.2, 0.25) is 0 Å². The molecule has 0 N–H and O–H groups in total. The summed E-state index contributed by atoms with van der Waals surface area (Å²) in [4.78, 5) is 25.8. The first-order valence-corrected chi connectivity index (χ1v) is 13.5. The Morgan fingerprint density at radius 1 is 0.727 bits per heavy atom. The fourth-order valence-corrected chi connectivity index (χ4v) is 4.19. The standard InChI is InChI=1S/C29H48O4/c1-5-9-10-11-12-13-14-15-16-17-18-19-23-32-27(30)29(7-3,8-4)28(31)33-26-22-20-21-25(6-2)24-26/h20-22,24H,5-19,23H2,1-4H3. The van der Waals surface area contributed by atoms with Crippen molar-refractivity contribution in [3.8, 4) is 5.75 Å². The van der Waals surface area contributed by atoms with Crippen molar-refractivity contribution >= 4 is 11.9 Å². The van der Waals surface area contributed by atoms with Gasteiger partial charge in [0.1, 0.15) is 5.75 Å². The zero-order valence-corrected chi connectivity index (χ0v) is 21.8. The number of benzene rings is 1. The van der Waals surface area contributed by atoms with Crippen LogP contribution in [0, 0.1) is 5.41 Å². The molecule has 4 nitrogen and oxygen atoms in total. The summed E-state index contributed by atoms with van der Waals surface area (Å²) >= 11 is 0. The lowest BCUT2D eigenvalue weighted by Crippen LogP contribution is -2.42. The van der Waals surface area contributed by atoms with Crippen LogP contribution >= 0.6 is 0 Å². The molecule has 1 rings (SSSR count). The Balaban J connectivity index is 2.30. The number of carbonyl (C=O) groups is 2. The molecule has 0 saturated carbocycles. The molecule has 0 aromatic heterocycles. The molecule has 0 aliphatic rings. The molecule has 0 unspecified atom stereocenters. The van der Waals surface area contributed by atoms with Crippen LogP contribution in [0.15, 0.2) is 24.3 Å². The van der Waals surface area contributed by atoms with Crippen LogP contribution in [0.2, 0.25) is 0 Å². The smallest absolute Gasteiger partial charge is 0.328 e. The monoisotopic (exact) mass is 460 g/mol. The largest absolute Gasteiger partial charge is 0.465 e. The summed E-state index contributed by atoms with van der Waals surface area (Å²) < 4.78 is 11.1. The minimum atomic E-state index is -1.24. The molecule has 0 atom stereocenters. The topological polar surface area (TPSA) is 52.6 Å². The highest BCUT2D eigenvalue weighted by Crippen LogP contribution is 2.31. The Morgan fingerprint density at radius 2 is 1.27 bits per heavy atom. The van der Waals surface area contributed by atoms with Gasteiger partial charge in [-0.15, -0.1) is 0 Å². The van der Waals surface area contributed by atoms with Crippen molar-refractivity contribution in [2.24, 2.45) is 5.41 Å². The molecule has 0 fully saturated rings. The van der Waals surface area contributed by atoms with Crippen molar-refractivity contribution in [3.63, 3.8) is 0 Å². The van der Waals surface area contributed by atoms with Crippen LogP contribution in [0.5, 0.6) is 5.75 Å². The SMILES string of the molecule is CCCCCCCCCCCCCCOC(=O)C(CC)(CC)C(=O)Oc1cccc(CC)c1. The minimum absolute atomic E-state index is 0.368. The maximum absolute atomic E-state index is 12.9. The van der Waals surface area contributed by atoms with E-state index in [4.69, 9.17) is 9.47 Å². The Kier molecular flexibility index (Phi) is 15.6. The highest BCUT2D eigenvalue weighted by Gasteiger charge is 2.46. The number of unbranched alkanes of at least 4 members (excludes halogenated alkanes) is 11. The van der Waals surface area contributed by atoms with E-state index < -0.39 is 17.4 Å². The summed E-state index contributed by atoms with van der Waals surface area (Å²) in [5.74, 6) is -0.480. The first-order chi connectivity index (χ1) is 16.0.